The first kappa shape index (κ1) is 8.62. The number of H-pyrrole nitrogens is 1. The van der Waals surface area contributed by atoms with Crippen LogP contribution in [-0.4, -0.2) is 20.6 Å². The second-order valence-electron chi connectivity index (χ2n) is 4.00. The van der Waals surface area contributed by atoms with Crippen LogP contribution in [0, 0.1) is 5.92 Å². The lowest BCUT2D eigenvalue weighted by molar-refractivity contribution is 0.290. The summed E-state index contributed by atoms with van der Waals surface area (Å²) >= 11 is 0. The Morgan fingerprint density at radius 1 is 1.46 bits per heavy atom. The van der Waals surface area contributed by atoms with Crippen LogP contribution in [0.4, 0.5) is 0 Å². The van der Waals surface area contributed by atoms with E-state index in [-0.39, 0.29) is 0 Å². The van der Waals surface area contributed by atoms with E-state index in [2.05, 4.69) is 20.6 Å². The Labute approximate surface area is 77.1 Å². The number of nitrogens with one attached hydrogen (secondary N) is 1. The second kappa shape index (κ2) is 3.06. The molecule has 0 aromatic carbocycles. The van der Waals surface area contributed by atoms with Gasteiger partial charge in [0, 0.05) is 0 Å². The van der Waals surface area contributed by atoms with E-state index < -0.39 is 5.54 Å². The summed E-state index contributed by atoms with van der Waals surface area (Å²) in [6, 6.07) is 0. The maximum atomic E-state index is 6.20. The highest BCUT2D eigenvalue weighted by Crippen LogP contribution is 2.36. The average molecular weight is 181 g/mol. The third-order valence-electron chi connectivity index (χ3n) is 3.03. The minimum absolute atomic E-state index is 0.413. The van der Waals surface area contributed by atoms with Gasteiger partial charge in [-0.15, -0.1) is 10.2 Å². The highest BCUT2D eigenvalue weighted by molar-refractivity contribution is 5.03. The minimum Gasteiger partial charge on any atom is -0.319 e. The molecule has 5 nitrogen and oxygen atoms in total. The molecule has 2 rings (SSSR count). The summed E-state index contributed by atoms with van der Waals surface area (Å²) in [4.78, 5) is 0. The smallest absolute Gasteiger partial charge is 0.194 e. The van der Waals surface area contributed by atoms with Gasteiger partial charge < -0.3 is 5.73 Å². The molecule has 1 saturated carbocycles. The van der Waals surface area contributed by atoms with Crippen molar-refractivity contribution in [1.82, 2.24) is 20.6 Å². The number of nitrogens with zero attached hydrogens (tertiary/aromatic N) is 3. The second-order valence-corrected chi connectivity index (χ2v) is 4.00. The van der Waals surface area contributed by atoms with E-state index in [9.17, 15) is 0 Å². The molecule has 1 atom stereocenters. The Balaban J connectivity index is 2.19. The monoisotopic (exact) mass is 181 g/mol. The summed E-state index contributed by atoms with van der Waals surface area (Å²) in [7, 11) is 0. The summed E-state index contributed by atoms with van der Waals surface area (Å²) in [6.45, 7) is 1.99. The van der Waals surface area contributed by atoms with Crippen LogP contribution in [0.15, 0.2) is 0 Å². The summed E-state index contributed by atoms with van der Waals surface area (Å²) in [5, 5.41) is 13.9. The average Bonchev–Trinajstić information content (AvgIpc) is 2.78. The Hall–Kier alpha value is -0.970. The molecule has 1 unspecified atom stereocenters. The molecule has 0 saturated heterocycles. The quantitative estimate of drug-likeness (QED) is 0.698. The third kappa shape index (κ3) is 1.44. The highest BCUT2D eigenvalue weighted by atomic mass is 15.5. The summed E-state index contributed by atoms with van der Waals surface area (Å²) in [6.07, 6.45) is 4.91. The largest absolute Gasteiger partial charge is 0.319 e. The van der Waals surface area contributed by atoms with Crippen LogP contribution < -0.4 is 5.73 Å². The van der Waals surface area contributed by atoms with Crippen molar-refractivity contribution in [3.63, 3.8) is 0 Å². The molecule has 1 aromatic rings. The van der Waals surface area contributed by atoms with E-state index >= 15 is 0 Å². The van der Waals surface area contributed by atoms with Crippen molar-refractivity contribution in [2.75, 3.05) is 0 Å². The lowest BCUT2D eigenvalue weighted by Crippen LogP contribution is -2.41. The van der Waals surface area contributed by atoms with Crippen LogP contribution in [0.5, 0.6) is 0 Å². The van der Waals surface area contributed by atoms with Crippen LogP contribution in [-0.2, 0) is 5.54 Å². The van der Waals surface area contributed by atoms with E-state index in [1.165, 1.54) is 25.7 Å². The standard InChI is InChI=1S/C8H15N5/c1-8(9,6-4-2-3-5-6)7-10-12-13-11-7/h6H,2-5,9H2,1H3,(H,10,11,12,13). The van der Waals surface area contributed by atoms with Crippen molar-refractivity contribution >= 4 is 0 Å². The first-order valence-corrected chi connectivity index (χ1v) is 4.74. The number of aromatic amines is 1. The van der Waals surface area contributed by atoms with Crippen LogP contribution in [0.2, 0.25) is 0 Å². The van der Waals surface area contributed by atoms with Crippen LogP contribution in [0.3, 0.4) is 0 Å². The molecule has 1 fully saturated rings. The maximum Gasteiger partial charge on any atom is 0.194 e. The van der Waals surface area contributed by atoms with E-state index in [0.717, 1.165) is 0 Å². The Morgan fingerprint density at radius 3 is 2.69 bits per heavy atom. The van der Waals surface area contributed by atoms with Gasteiger partial charge in [-0.25, -0.2) is 0 Å². The molecule has 0 radical (unpaired) electrons. The zero-order valence-electron chi connectivity index (χ0n) is 7.82. The molecule has 1 aromatic heterocycles. The topological polar surface area (TPSA) is 80.5 Å². The zero-order chi connectivity index (χ0) is 9.31. The normalized spacial score (nSPS) is 23.2. The molecule has 5 heteroatoms. The van der Waals surface area contributed by atoms with Gasteiger partial charge in [-0.3, -0.25) is 0 Å². The summed E-state index contributed by atoms with van der Waals surface area (Å²) < 4.78 is 0. The predicted molar refractivity (Wildman–Crippen MR) is 47.7 cm³/mol. The first-order valence-electron chi connectivity index (χ1n) is 4.74. The van der Waals surface area contributed by atoms with E-state index in [4.69, 9.17) is 5.73 Å². The van der Waals surface area contributed by atoms with Crippen molar-refractivity contribution in [1.29, 1.82) is 0 Å². The van der Waals surface area contributed by atoms with Gasteiger partial charge in [0.25, 0.3) is 0 Å². The van der Waals surface area contributed by atoms with Crippen LogP contribution >= 0.6 is 0 Å². The molecule has 0 bridgehead atoms. The fraction of sp³-hybridized carbons (Fsp3) is 0.875. The molecule has 0 amide bonds. The fourth-order valence-electron chi connectivity index (χ4n) is 2.10. The van der Waals surface area contributed by atoms with Crippen LogP contribution in [0.1, 0.15) is 38.4 Å². The summed E-state index contributed by atoms with van der Waals surface area (Å²) in [5.41, 5.74) is 5.79. The zero-order valence-corrected chi connectivity index (χ0v) is 7.82. The minimum atomic E-state index is -0.413. The molecule has 1 aliphatic carbocycles. The number of hydrogen-bond donors (Lipinski definition) is 2. The van der Waals surface area contributed by atoms with Gasteiger partial charge in [-0.05, 0) is 25.7 Å². The fourth-order valence-corrected chi connectivity index (χ4v) is 2.10. The lowest BCUT2D eigenvalue weighted by atomic mass is 9.85. The van der Waals surface area contributed by atoms with Crippen molar-refractivity contribution in [3.8, 4) is 0 Å². The number of aromatic nitrogens is 4. The predicted octanol–water partition coefficient (Wildman–Crippen LogP) is 0.564. The number of tetrazole rings is 1. The molecular formula is C8H15N5. The van der Waals surface area contributed by atoms with Gasteiger partial charge in [-0.2, -0.15) is 5.21 Å². The number of hydrogen-bond acceptors (Lipinski definition) is 4. The van der Waals surface area contributed by atoms with E-state index in [0.29, 0.717) is 11.7 Å². The molecular weight excluding hydrogens is 166 g/mol. The van der Waals surface area contributed by atoms with E-state index in [1.807, 2.05) is 6.92 Å². The van der Waals surface area contributed by atoms with Crippen molar-refractivity contribution in [3.05, 3.63) is 5.82 Å². The Morgan fingerprint density at radius 2 is 2.15 bits per heavy atom. The van der Waals surface area contributed by atoms with Gasteiger partial charge >= 0.3 is 0 Å². The lowest BCUT2D eigenvalue weighted by Gasteiger charge is -2.27. The van der Waals surface area contributed by atoms with E-state index in [1.54, 1.807) is 0 Å². The van der Waals surface area contributed by atoms with Gasteiger partial charge in [0.2, 0.25) is 0 Å². The molecule has 1 aliphatic rings. The van der Waals surface area contributed by atoms with Gasteiger partial charge in [0.05, 0.1) is 5.54 Å². The van der Waals surface area contributed by atoms with Crippen molar-refractivity contribution in [2.24, 2.45) is 11.7 Å². The van der Waals surface area contributed by atoms with Crippen LogP contribution in [0.25, 0.3) is 0 Å². The van der Waals surface area contributed by atoms with Gasteiger partial charge in [0.1, 0.15) is 0 Å². The molecule has 13 heavy (non-hydrogen) atoms. The van der Waals surface area contributed by atoms with Crippen molar-refractivity contribution in [2.45, 2.75) is 38.1 Å². The third-order valence-corrected chi connectivity index (χ3v) is 3.03. The van der Waals surface area contributed by atoms with Gasteiger partial charge in [-0.1, -0.05) is 18.1 Å². The number of rotatable bonds is 2. The highest BCUT2D eigenvalue weighted by Gasteiger charge is 2.37. The molecule has 0 aliphatic heterocycles. The summed E-state index contributed by atoms with van der Waals surface area (Å²) in [5.74, 6) is 1.14. The molecule has 72 valence electrons. The number of nitrogens with two attached hydrogens (primary N) is 1. The SMILES string of the molecule is CC(N)(c1nn[nH]n1)C1CCCC1. The Bertz CT molecular complexity index is 260. The molecule has 3 N–H and O–H groups in total. The maximum absolute atomic E-state index is 6.20. The Kier molecular flexibility index (Phi) is 2.03. The van der Waals surface area contributed by atoms with Gasteiger partial charge in [0.15, 0.2) is 5.82 Å². The van der Waals surface area contributed by atoms with Crippen molar-refractivity contribution < 1.29 is 0 Å². The molecule has 1 heterocycles. The molecule has 0 spiro atoms. The first-order chi connectivity index (χ1) is 6.21.